The van der Waals surface area contributed by atoms with Crippen molar-refractivity contribution in [2.24, 2.45) is 0 Å². The van der Waals surface area contributed by atoms with Crippen LogP contribution in [0.5, 0.6) is 0 Å². The maximum Gasteiger partial charge on any atom is 0.286 e. The second-order valence-electron chi connectivity index (χ2n) is 4.99. The number of hydrogen-bond donors (Lipinski definition) is 1. The van der Waals surface area contributed by atoms with E-state index in [1.807, 2.05) is 6.92 Å². The fourth-order valence-electron chi connectivity index (χ4n) is 2.02. The van der Waals surface area contributed by atoms with Gasteiger partial charge in [0.2, 0.25) is 0 Å². The van der Waals surface area contributed by atoms with E-state index in [1.54, 1.807) is 36.4 Å². The average Bonchev–Trinajstić information content (AvgIpc) is 3.03. The van der Waals surface area contributed by atoms with Crippen LogP contribution in [0.1, 0.15) is 29.7 Å². The summed E-state index contributed by atoms with van der Waals surface area (Å²) >= 11 is 6.04. The molecule has 0 unspecified atom stereocenters. The summed E-state index contributed by atoms with van der Waals surface area (Å²) in [7, 11) is -1.33. The maximum atomic E-state index is 12.3. The Bertz CT molecular complexity index is 701. The van der Waals surface area contributed by atoms with Crippen molar-refractivity contribution in [3.63, 3.8) is 0 Å². The van der Waals surface area contributed by atoms with Crippen LogP contribution in [0.4, 0.5) is 0 Å². The third-order valence-corrected chi connectivity index (χ3v) is 5.03. The van der Waals surface area contributed by atoms with Crippen LogP contribution in [0, 0.1) is 0 Å². The van der Waals surface area contributed by atoms with E-state index in [0.717, 1.165) is 6.42 Å². The molecule has 0 saturated heterocycles. The Morgan fingerprint density at radius 2 is 2.08 bits per heavy atom. The predicted molar refractivity (Wildman–Crippen MR) is 93.7 cm³/mol. The van der Waals surface area contributed by atoms with Crippen LogP contribution < -0.4 is 5.32 Å². The quantitative estimate of drug-likeness (QED) is 0.688. The van der Waals surface area contributed by atoms with Gasteiger partial charge in [0.25, 0.3) is 5.91 Å². The van der Waals surface area contributed by atoms with Gasteiger partial charge in [-0.25, -0.2) is 0 Å². The van der Waals surface area contributed by atoms with Crippen LogP contribution in [0.25, 0.3) is 0 Å². The topological polar surface area (TPSA) is 68.5 Å². The molecule has 2 rings (SSSR count). The normalized spacial score (nSPS) is 12.1. The molecule has 1 atom stereocenters. The summed E-state index contributed by atoms with van der Waals surface area (Å²) in [5.74, 6) is 0.563. The number of benzene rings is 1. The van der Waals surface area contributed by atoms with Crippen LogP contribution in [0.2, 0.25) is 5.02 Å². The molecule has 0 fully saturated rings. The van der Waals surface area contributed by atoms with Gasteiger partial charge in [0.15, 0.2) is 5.76 Å². The van der Waals surface area contributed by atoms with Crippen molar-refractivity contribution in [3.8, 4) is 0 Å². The molecule has 1 heterocycles. The molecule has 24 heavy (non-hydrogen) atoms. The van der Waals surface area contributed by atoms with E-state index in [9.17, 15) is 9.00 Å². The summed E-state index contributed by atoms with van der Waals surface area (Å²) in [5, 5.41) is 3.21. The van der Waals surface area contributed by atoms with Crippen molar-refractivity contribution in [1.29, 1.82) is 0 Å². The molecule has 0 saturated carbocycles. The molecule has 1 aromatic carbocycles. The third kappa shape index (κ3) is 5.47. The highest BCUT2D eigenvalue weighted by molar-refractivity contribution is 7.84. The number of furan rings is 1. The Morgan fingerprint density at radius 3 is 2.83 bits per heavy atom. The summed E-state index contributed by atoms with van der Waals surface area (Å²) in [6, 6.07) is 10.2. The molecule has 7 heteroatoms. The van der Waals surface area contributed by atoms with E-state index in [-0.39, 0.29) is 17.4 Å². The number of halogens is 1. The van der Waals surface area contributed by atoms with Gasteiger partial charge in [-0.05, 0) is 37.6 Å². The average molecular weight is 370 g/mol. The Morgan fingerprint density at radius 1 is 1.29 bits per heavy atom. The number of ether oxygens (including phenoxy) is 1. The second-order valence-corrected chi connectivity index (χ2v) is 6.82. The van der Waals surface area contributed by atoms with Crippen LogP contribution in [-0.4, -0.2) is 29.9 Å². The predicted octanol–water partition coefficient (Wildman–Crippen LogP) is 3.40. The summed E-state index contributed by atoms with van der Waals surface area (Å²) in [6.45, 7) is 3.71. The summed E-state index contributed by atoms with van der Waals surface area (Å²) in [6.07, 6.45) is 0.740. The lowest BCUT2D eigenvalue weighted by Crippen LogP contribution is -2.24. The van der Waals surface area contributed by atoms with Gasteiger partial charge in [-0.2, -0.15) is 0 Å². The van der Waals surface area contributed by atoms with Crippen LogP contribution >= 0.6 is 11.6 Å². The number of hydrogen-bond acceptors (Lipinski definition) is 4. The van der Waals surface area contributed by atoms with E-state index in [2.05, 4.69) is 5.32 Å². The highest BCUT2D eigenvalue weighted by Gasteiger charge is 2.14. The van der Waals surface area contributed by atoms with E-state index in [0.29, 0.717) is 35.4 Å². The lowest BCUT2D eigenvalue weighted by atomic mass is 10.4. The van der Waals surface area contributed by atoms with Gasteiger partial charge in [0.05, 0.1) is 26.5 Å². The van der Waals surface area contributed by atoms with Crippen LogP contribution in [0.15, 0.2) is 45.7 Å². The van der Waals surface area contributed by atoms with Gasteiger partial charge in [0, 0.05) is 19.8 Å². The minimum atomic E-state index is -1.33. The first kappa shape index (κ1) is 18.7. The van der Waals surface area contributed by atoms with Crippen molar-refractivity contribution in [2.45, 2.75) is 24.0 Å². The number of rotatable bonds is 9. The van der Waals surface area contributed by atoms with Crippen LogP contribution in [-0.2, 0) is 21.3 Å². The van der Waals surface area contributed by atoms with Gasteiger partial charge >= 0.3 is 0 Å². The van der Waals surface area contributed by atoms with Crippen molar-refractivity contribution in [1.82, 2.24) is 5.32 Å². The molecule has 2 aromatic rings. The monoisotopic (exact) mass is 369 g/mol. The van der Waals surface area contributed by atoms with E-state index >= 15 is 0 Å². The fourth-order valence-corrected chi connectivity index (χ4v) is 3.50. The Kier molecular flexibility index (Phi) is 7.49. The zero-order valence-corrected chi connectivity index (χ0v) is 15.0. The van der Waals surface area contributed by atoms with Crippen LogP contribution in [0.3, 0.4) is 0 Å². The number of carbonyl (C=O) groups is 1. The summed E-state index contributed by atoms with van der Waals surface area (Å²) in [5.41, 5.74) is 0. The standard InChI is InChI=1S/C17H20ClNO4S/c1-2-22-11-5-10-19-17(20)15-9-8-13(23-15)12-24(21)16-7-4-3-6-14(16)18/h3-4,6-9H,2,5,10-12H2,1H3,(H,19,20)/t24-/m1/s1. The SMILES string of the molecule is CCOCCCNC(=O)c1ccc(C[S@@](=O)c2ccccc2Cl)o1. The van der Waals surface area contributed by atoms with Crippen molar-refractivity contribution >= 4 is 28.3 Å². The molecule has 0 aliphatic rings. The first-order valence-corrected chi connectivity index (χ1v) is 9.39. The lowest BCUT2D eigenvalue weighted by Gasteiger charge is -2.04. The van der Waals surface area contributed by atoms with Gasteiger partial charge in [0.1, 0.15) is 5.76 Å². The van der Waals surface area contributed by atoms with Crippen molar-refractivity contribution < 1.29 is 18.2 Å². The van der Waals surface area contributed by atoms with Gasteiger partial charge in [-0.15, -0.1) is 0 Å². The van der Waals surface area contributed by atoms with E-state index in [4.69, 9.17) is 20.8 Å². The highest BCUT2D eigenvalue weighted by Crippen LogP contribution is 2.22. The molecule has 0 aliphatic heterocycles. The Balaban J connectivity index is 1.87. The lowest BCUT2D eigenvalue weighted by molar-refractivity contribution is 0.0915. The van der Waals surface area contributed by atoms with E-state index in [1.165, 1.54) is 0 Å². The molecule has 1 amide bonds. The summed E-state index contributed by atoms with van der Waals surface area (Å²) in [4.78, 5) is 12.5. The second kappa shape index (κ2) is 9.61. The van der Waals surface area contributed by atoms with Gasteiger partial charge in [-0.3, -0.25) is 9.00 Å². The minimum Gasteiger partial charge on any atom is -0.455 e. The summed E-state index contributed by atoms with van der Waals surface area (Å²) < 4.78 is 23.0. The largest absolute Gasteiger partial charge is 0.455 e. The minimum absolute atomic E-state index is 0.168. The maximum absolute atomic E-state index is 12.3. The zero-order chi connectivity index (χ0) is 17.4. The first-order chi connectivity index (χ1) is 11.6. The molecule has 1 aromatic heterocycles. The Hall–Kier alpha value is -1.63. The molecule has 1 N–H and O–H groups in total. The van der Waals surface area contributed by atoms with Gasteiger partial charge in [-0.1, -0.05) is 23.7 Å². The highest BCUT2D eigenvalue weighted by atomic mass is 35.5. The van der Waals surface area contributed by atoms with E-state index < -0.39 is 10.8 Å². The molecule has 0 radical (unpaired) electrons. The number of amides is 1. The first-order valence-electron chi connectivity index (χ1n) is 7.69. The number of nitrogens with one attached hydrogen (secondary N) is 1. The zero-order valence-electron chi connectivity index (χ0n) is 13.4. The molecule has 130 valence electrons. The fraction of sp³-hybridized carbons (Fsp3) is 0.353. The molecular formula is C17H20ClNO4S. The molecule has 5 nitrogen and oxygen atoms in total. The molecule has 0 spiro atoms. The van der Waals surface area contributed by atoms with Gasteiger partial charge < -0.3 is 14.5 Å². The smallest absolute Gasteiger partial charge is 0.286 e. The van der Waals surface area contributed by atoms with Crippen molar-refractivity contribution in [3.05, 3.63) is 52.9 Å². The molecular weight excluding hydrogens is 350 g/mol. The Labute approximate surface area is 148 Å². The molecule has 0 bridgehead atoms. The molecule has 0 aliphatic carbocycles. The van der Waals surface area contributed by atoms with Crippen molar-refractivity contribution in [2.75, 3.05) is 19.8 Å². The number of carbonyl (C=O) groups excluding carboxylic acids is 1. The third-order valence-electron chi connectivity index (χ3n) is 3.20.